The zero-order valence-electron chi connectivity index (χ0n) is 12.5. The summed E-state index contributed by atoms with van der Waals surface area (Å²) in [6.07, 6.45) is 3.31. The summed E-state index contributed by atoms with van der Waals surface area (Å²) in [7, 11) is -1.77. The van der Waals surface area contributed by atoms with Crippen LogP contribution in [-0.2, 0) is 16.6 Å². The Morgan fingerprint density at radius 2 is 2.15 bits per heavy atom. The van der Waals surface area contributed by atoms with E-state index in [1.165, 1.54) is 4.31 Å². The smallest absolute Gasteiger partial charge is 0.246 e. The second kappa shape index (κ2) is 6.28. The van der Waals surface area contributed by atoms with Crippen LogP contribution in [0.25, 0.3) is 0 Å². The lowest BCUT2D eigenvalue weighted by atomic mass is 10.4. The fourth-order valence-corrected chi connectivity index (χ4v) is 3.61. The molecule has 0 bridgehead atoms. The molecule has 1 aromatic rings. The van der Waals surface area contributed by atoms with Gasteiger partial charge in [0, 0.05) is 19.7 Å². The standard InChI is InChI=1S/C14H24N2O3S/c1-4-7-15-9-13-8-14(11(2)19-13)20(17,18)16(3)10-12-5-6-12/h8,12,15H,4-7,9-10H2,1-3H3. The van der Waals surface area contributed by atoms with Gasteiger partial charge in [0.1, 0.15) is 16.4 Å². The molecule has 0 radical (unpaired) electrons. The van der Waals surface area contributed by atoms with Crippen LogP contribution in [0.1, 0.15) is 37.7 Å². The minimum Gasteiger partial charge on any atom is -0.464 e. The second-order valence-electron chi connectivity index (χ2n) is 5.54. The quantitative estimate of drug-likeness (QED) is 0.747. The molecule has 1 aliphatic carbocycles. The highest BCUT2D eigenvalue weighted by Gasteiger charge is 2.31. The van der Waals surface area contributed by atoms with Crippen molar-refractivity contribution in [3.8, 4) is 0 Å². The number of nitrogens with one attached hydrogen (secondary N) is 1. The van der Waals surface area contributed by atoms with Crippen LogP contribution < -0.4 is 5.32 Å². The Bertz CT molecular complexity index is 547. The summed E-state index contributed by atoms with van der Waals surface area (Å²) in [4.78, 5) is 0.300. The summed E-state index contributed by atoms with van der Waals surface area (Å²) in [5.74, 6) is 1.68. The molecule has 6 heteroatoms. The predicted octanol–water partition coefficient (Wildman–Crippen LogP) is 2.12. The van der Waals surface area contributed by atoms with Crippen molar-refractivity contribution >= 4 is 10.0 Å². The van der Waals surface area contributed by atoms with E-state index in [2.05, 4.69) is 12.2 Å². The van der Waals surface area contributed by atoms with E-state index in [0.29, 0.717) is 35.4 Å². The van der Waals surface area contributed by atoms with Crippen LogP contribution in [0.2, 0.25) is 0 Å². The number of hydrogen-bond donors (Lipinski definition) is 1. The highest BCUT2D eigenvalue weighted by atomic mass is 32.2. The fourth-order valence-electron chi connectivity index (χ4n) is 2.19. The monoisotopic (exact) mass is 300 g/mol. The Kier molecular flexibility index (Phi) is 4.88. The van der Waals surface area contributed by atoms with Gasteiger partial charge in [0.25, 0.3) is 0 Å². The molecule has 0 saturated heterocycles. The maximum atomic E-state index is 12.5. The molecule has 2 rings (SSSR count). The lowest BCUT2D eigenvalue weighted by Crippen LogP contribution is -2.29. The number of rotatable bonds is 8. The maximum Gasteiger partial charge on any atom is 0.246 e. The molecule has 0 aliphatic heterocycles. The third-order valence-corrected chi connectivity index (χ3v) is 5.48. The molecule has 0 spiro atoms. The third kappa shape index (κ3) is 3.62. The summed E-state index contributed by atoms with van der Waals surface area (Å²) >= 11 is 0. The summed E-state index contributed by atoms with van der Waals surface area (Å²) in [5, 5.41) is 3.21. The van der Waals surface area contributed by atoms with Crippen molar-refractivity contribution in [1.29, 1.82) is 0 Å². The molecule has 114 valence electrons. The summed E-state index contributed by atoms with van der Waals surface area (Å²) in [6, 6.07) is 1.65. The van der Waals surface area contributed by atoms with Gasteiger partial charge in [0.2, 0.25) is 10.0 Å². The normalized spacial score (nSPS) is 16.0. The molecule has 5 nitrogen and oxygen atoms in total. The topological polar surface area (TPSA) is 62.6 Å². The lowest BCUT2D eigenvalue weighted by Gasteiger charge is -2.15. The Balaban J connectivity index is 2.09. The average molecular weight is 300 g/mol. The summed E-state index contributed by atoms with van der Waals surface area (Å²) < 4.78 is 32.0. The lowest BCUT2D eigenvalue weighted by molar-refractivity contribution is 0.442. The Labute approximate surface area is 121 Å². The first-order valence-electron chi connectivity index (χ1n) is 7.21. The van der Waals surface area contributed by atoms with Gasteiger partial charge in [-0.15, -0.1) is 0 Å². The highest BCUT2D eigenvalue weighted by Crippen LogP contribution is 2.31. The van der Waals surface area contributed by atoms with Gasteiger partial charge in [-0.05, 0) is 38.6 Å². The van der Waals surface area contributed by atoms with Crippen molar-refractivity contribution in [3.63, 3.8) is 0 Å². The number of nitrogens with zero attached hydrogens (tertiary/aromatic N) is 1. The summed E-state index contributed by atoms with van der Waals surface area (Å²) in [6.45, 7) is 5.86. The van der Waals surface area contributed by atoms with Gasteiger partial charge in [-0.3, -0.25) is 0 Å². The maximum absolute atomic E-state index is 12.5. The Morgan fingerprint density at radius 3 is 2.75 bits per heavy atom. The van der Waals surface area contributed by atoms with E-state index >= 15 is 0 Å². The van der Waals surface area contributed by atoms with E-state index in [4.69, 9.17) is 4.42 Å². The SMILES string of the molecule is CCCNCc1cc(S(=O)(=O)N(C)CC2CC2)c(C)o1. The van der Waals surface area contributed by atoms with Gasteiger partial charge in [0.05, 0.1) is 6.54 Å². The van der Waals surface area contributed by atoms with E-state index in [1.54, 1.807) is 20.0 Å². The molecule has 0 aromatic carbocycles. The number of sulfonamides is 1. The van der Waals surface area contributed by atoms with E-state index in [1.807, 2.05) is 0 Å². The van der Waals surface area contributed by atoms with E-state index < -0.39 is 10.0 Å². The van der Waals surface area contributed by atoms with Crippen LogP contribution in [0.5, 0.6) is 0 Å². The molecule has 1 N–H and O–H groups in total. The van der Waals surface area contributed by atoms with E-state index in [-0.39, 0.29) is 0 Å². The molecule has 0 amide bonds. The zero-order chi connectivity index (χ0) is 14.8. The molecule has 1 saturated carbocycles. The van der Waals surface area contributed by atoms with Crippen molar-refractivity contribution in [2.45, 2.75) is 44.6 Å². The minimum absolute atomic E-state index is 0.300. The van der Waals surface area contributed by atoms with Crippen molar-refractivity contribution in [2.24, 2.45) is 5.92 Å². The largest absolute Gasteiger partial charge is 0.464 e. The van der Waals surface area contributed by atoms with Crippen LogP contribution in [0, 0.1) is 12.8 Å². The third-order valence-electron chi connectivity index (χ3n) is 3.55. The van der Waals surface area contributed by atoms with Gasteiger partial charge >= 0.3 is 0 Å². The molecule has 0 unspecified atom stereocenters. The van der Waals surface area contributed by atoms with Crippen LogP contribution in [-0.4, -0.2) is 32.9 Å². The first kappa shape index (κ1) is 15.5. The van der Waals surface area contributed by atoms with Crippen LogP contribution in [0.3, 0.4) is 0 Å². The molecular formula is C14H24N2O3S. The Hall–Kier alpha value is -0.850. The molecular weight excluding hydrogens is 276 g/mol. The fraction of sp³-hybridized carbons (Fsp3) is 0.714. The van der Waals surface area contributed by atoms with E-state index in [0.717, 1.165) is 25.8 Å². The molecule has 1 fully saturated rings. The zero-order valence-corrected chi connectivity index (χ0v) is 13.3. The number of furan rings is 1. The molecule has 0 atom stereocenters. The van der Waals surface area contributed by atoms with Crippen molar-refractivity contribution in [1.82, 2.24) is 9.62 Å². The average Bonchev–Trinajstić information content (AvgIpc) is 3.11. The van der Waals surface area contributed by atoms with Gasteiger partial charge < -0.3 is 9.73 Å². The van der Waals surface area contributed by atoms with Crippen LogP contribution in [0.4, 0.5) is 0 Å². The van der Waals surface area contributed by atoms with Crippen molar-refractivity contribution < 1.29 is 12.8 Å². The van der Waals surface area contributed by atoms with Gasteiger partial charge in [0.15, 0.2) is 0 Å². The Morgan fingerprint density at radius 1 is 1.45 bits per heavy atom. The number of aryl methyl sites for hydroxylation is 1. The first-order chi connectivity index (χ1) is 9.45. The van der Waals surface area contributed by atoms with Gasteiger partial charge in [-0.2, -0.15) is 0 Å². The second-order valence-corrected chi connectivity index (χ2v) is 7.55. The molecule has 1 aromatic heterocycles. The minimum atomic E-state index is -3.42. The van der Waals surface area contributed by atoms with E-state index in [9.17, 15) is 8.42 Å². The molecule has 20 heavy (non-hydrogen) atoms. The highest BCUT2D eigenvalue weighted by molar-refractivity contribution is 7.89. The van der Waals surface area contributed by atoms with Crippen molar-refractivity contribution in [2.75, 3.05) is 20.1 Å². The number of hydrogen-bond acceptors (Lipinski definition) is 4. The summed E-state index contributed by atoms with van der Waals surface area (Å²) in [5.41, 5.74) is 0. The first-order valence-corrected chi connectivity index (χ1v) is 8.65. The van der Waals surface area contributed by atoms with Crippen LogP contribution in [0.15, 0.2) is 15.4 Å². The van der Waals surface area contributed by atoms with Gasteiger partial charge in [-0.25, -0.2) is 12.7 Å². The molecule has 1 heterocycles. The predicted molar refractivity (Wildman–Crippen MR) is 78.0 cm³/mol. The van der Waals surface area contributed by atoms with Gasteiger partial charge in [-0.1, -0.05) is 6.92 Å². The van der Waals surface area contributed by atoms with Crippen molar-refractivity contribution in [3.05, 3.63) is 17.6 Å². The van der Waals surface area contributed by atoms with Crippen LogP contribution >= 0.6 is 0 Å². The molecule has 1 aliphatic rings.